The second-order valence-corrected chi connectivity index (χ2v) is 5.84. The minimum Gasteiger partial charge on any atom is -0.315 e. The van der Waals surface area contributed by atoms with Crippen molar-refractivity contribution >= 4 is 11.7 Å². The number of likely N-dealkylation sites (tertiary alicyclic amines) is 1. The van der Waals surface area contributed by atoms with Crippen molar-refractivity contribution in [3.63, 3.8) is 0 Å². The lowest BCUT2D eigenvalue weighted by molar-refractivity contribution is -0.117. The average molecular weight is 277 g/mol. The Balaban J connectivity index is 1.53. The number of aromatic nitrogens is 2. The largest absolute Gasteiger partial charge is 0.315 e. The van der Waals surface area contributed by atoms with Crippen molar-refractivity contribution in [1.29, 1.82) is 0 Å². The van der Waals surface area contributed by atoms with Crippen LogP contribution in [0, 0.1) is 0 Å². The van der Waals surface area contributed by atoms with Gasteiger partial charge in [-0.25, -0.2) is 0 Å². The molecule has 6 heteroatoms. The Labute approximate surface area is 119 Å². The average Bonchev–Trinajstić information content (AvgIpc) is 3.12. The molecule has 20 heavy (non-hydrogen) atoms. The maximum atomic E-state index is 12.0. The molecule has 0 radical (unpaired) electrons. The summed E-state index contributed by atoms with van der Waals surface area (Å²) >= 11 is 0. The first kappa shape index (κ1) is 13.6. The van der Waals surface area contributed by atoms with Crippen LogP contribution in [0.25, 0.3) is 0 Å². The smallest absolute Gasteiger partial charge is 0.239 e. The molecule has 2 fully saturated rings. The van der Waals surface area contributed by atoms with Crippen LogP contribution in [0.3, 0.4) is 0 Å². The zero-order chi connectivity index (χ0) is 13.9. The van der Waals surface area contributed by atoms with Gasteiger partial charge >= 0.3 is 0 Å². The van der Waals surface area contributed by atoms with E-state index in [1.807, 2.05) is 16.9 Å². The SMILES string of the molecule is C[C@@H]1CCCN1CC(=O)Nc1ccn([C@@H]2CCNC2)n1. The van der Waals surface area contributed by atoms with Gasteiger partial charge in [0.15, 0.2) is 5.82 Å². The van der Waals surface area contributed by atoms with E-state index in [1.165, 1.54) is 12.8 Å². The number of anilines is 1. The van der Waals surface area contributed by atoms with Gasteiger partial charge in [-0.15, -0.1) is 0 Å². The number of amides is 1. The lowest BCUT2D eigenvalue weighted by Gasteiger charge is -2.19. The quantitative estimate of drug-likeness (QED) is 0.856. The molecule has 3 rings (SSSR count). The van der Waals surface area contributed by atoms with Crippen LogP contribution in [0.5, 0.6) is 0 Å². The van der Waals surface area contributed by atoms with Gasteiger partial charge in [0.1, 0.15) is 0 Å². The number of carbonyl (C=O) groups excluding carboxylic acids is 1. The number of rotatable bonds is 4. The molecule has 0 saturated carbocycles. The van der Waals surface area contributed by atoms with Crippen molar-refractivity contribution < 1.29 is 4.79 Å². The van der Waals surface area contributed by atoms with E-state index in [1.54, 1.807) is 0 Å². The summed E-state index contributed by atoms with van der Waals surface area (Å²) in [5.74, 6) is 0.697. The van der Waals surface area contributed by atoms with Crippen LogP contribution < -0.4 is 10.6 Å². The van der Waals surface area contributed by atoms with Crippen LogP contribution in [0.1, 0.15) is 32.2 Å². The molecule has 0 spiro atoms. The Hall–Kier alpha value is -1.40. The minimum absolute atomic E-state index is 0.0357. The highest BCUT2D eigenvalue weighted by molar-refractivity contribution is 5.91. The first-order valence-corrected chi connectivity index (χ1v) is 7.52. The lowest BCUT2D eigenvalue weighted by Crippen LogP contribution is -2.35. The fourth-order valence-electron chi connectivity index (χ4n) is 3.07. The van der Waals surface area contributed by atoms with Gasteiger partial charge < -0.3 is 10.6 Å². The Morgan fingerprint density at radius 3 is 3.15 bits per heavy atom. The zero-order valence-electron chi connectivity index (χ0n) is 12.0. The summed E-state index contributed by atoms with van der Waals surface area (Å²) in [5.41, 5.74) is 0. The molecule has 2 aliphatic heterocycles. The topological polar surface area (TPSA) is 62.2 Å². The molecule has 2 atom stereocenters. The van der Waals surface area contributed by atoms with Gasteiger partial charge in [-0.1, -0.05) is 0 Å². The van der Waals surface area contributed by atoms with Crippen LogP contribution >= 0.6 is 0 Å². The van der Waals surface area contributed by atoms with Gasteiger partial charge in [0.05, 0.1) is 12.6 Å². The van der Waals surface area contributed by atoms with Crippen LogP contribution in [0.2, 0.25) is 0 Å². The molecule has 2 N–H and O–H groups in total. The van der Waals surface area contributed by atoms with E-state index < -0.39 is 0 Å². The summed E-state index contributed by atoms with van der Waals surface area (Å²) in [5, 5.41) is 10.7. The van der Waals surface area contributed by atoms with Gasteiger partial charge in [0, 0.05) is 24.8 Å². The molecule has 2 aliphatic rings. The van der Waals surface area contributed by atoms with E-state index in [0.29, 0.717) is 24.4 Å². The molecule has 6 nitrogen and oxygen atoms in total. The number of nitrogens with zero attached hydrogens (tertiary/aromatic N) is 3. The van der Waals surface area contributed by atoms with Gasteiger partial charge in [0.2, 0.25) is 5.91 Å². The first-order chi connectivity index (χ1) is 9.72. The van der Waals surface area contributed by atoms with Gasteiger partial charge in [-0.05, 0) is 39.3 Å². The Morgan fingerprint density at radius 2 is 2.45 bits per heavy atom. The zero-order valence-corrected chi connectivity index (χ0v) is 12.0. The van der Waals surface area contributed by atoms with Crippen molar-refractivity contribution in [1.82, 2.24) is 20.0 Å². The summed E-state index contributed by atoms with van der Waals surface area (Å²) in [6.07, 6.45) is 5.43. The fourth-order valence-corrected chi connectivity index (χ4v) is 3.07. The van der Waals surface area contributed by atoms with Gasteiger partial charge in [-0.2, -0.15) is 5.10 Å². The van der Waals surface area contributed by atoms with E-state index in [4.69, 9.17) is 0 Å². The van der Waals surface area contributed by atoms with Gasteiger partial charge in [-0.3, -0.25) is 14.4 Å². The van der Waals surface area contributed by atoms with Crippen LogP contribution in [-0.4, -0.2) is 52.8 Å². The predicted octanol–water partition coefficient (Wildman–Crippen LogP) is 0.840. The second-order valence-electron chi connectivity index (χ2n) is 5.84. The van der Waals surface area contributed by atoms with Crippen molar-refractivity contribution in [3.05, 3.63) is 12.3 Å². The summed E-state index contributed by atoms with van der Waals surface area (Å²) in [6.45, 7) is 5.68. The molecule has 1 aromatic rings. The van der Waals surface area contributed by atoms with Gasteiger partial charge in [0.25, 0.3) is 0 Å². The molecule has 0 unspecified atom stereocenters. The second kappa shape index (κ2) is 5.93. The molecule has 3 heterocycles. The van der Waals surface area contributed by atoms with Crippen molar-refractivity contribution in [2.24, 2.45) is 0 Å². The molecule has 0 aliphatic carbocycles. The van der Waals surface area contributed by atoms with E-state index in [2.05, 4.69) is 27.6 Å². The summed E-state index contributed by atoms with van der Waals surface area (Å²) in [7, 11) is 0. The molecule has 0 aromatic carbocycles. The molecule has 1 amide bonds. The number of hydrogen-bond donors (Lipinski definition) is 2. The van der Waals surface area contributed by atoms with Crippen LogP contribution in [0.4, 0.5) is 5.82 Å². The minimum atomic E-state index is 0.0357. The summed E-state index contributed by atoms with van der Waals surface area (Å²) < 4.78 is 1.95. The third-order valence-electron chi connectivity index (χ3n) is 4.32. The predicted molar refractivity (Wildman–Crippen MR) is 77.6 cm³/mol. The maximum Gasteiger partial charge on any atom is 0.239 e. The highest BCUT2D eigenvalue weighted by atomic mass is 16.2. The molecule has 2 saturated heterocycles. The standard InChI is InChI=1S/C14H23N5O/c1-11-3-2-7-18(11)10-14(20)16-13-5-8-19(17-13)12-4-6-15-9-12/h5,8,11-12,15H,2-4,6-7,9-10H2,1H3,(H,16,17,20)/t11-,12-/m1/s1. The summed E-state index contributed by atoms with van der Waals surface area (Å²) in [4.78, 5) is 14.3. The Morgan fingerprint density at radius 1 is 1.55 bits per heavy atom. The number of hydrogen-bond acceptors (Lipinski definition) is 4. The van der Waals surface area contributed by atoms with E-state index in [-0.39, 0.29) is 5.91 Å². The summed E-state index contributed by atoms with van der Waals surface area (Å²) in [6, 6.07) is 2.81. The maximum absolute atomic E-state index is 12.0. The van der Waals surface area contributed by atoms with Crippen LogP contribution in [-0.2, 0) is 4.79 Å². The van der Waals surface area contributed by atoms with Crippen LogP contribution in [0.15, 0.2) is 12.3 Å². The normalized spacial score (nSPS) is 27.1. The van der Waals surface area contributed by atoms with Crippen molar-refractivity contribution in [3.8, 4) is 0 Å². The lowest BCUT2D eigenvalue weighted by atomic mass is 10.2. The third-order valence-corrected chi connectivity index (χ3v) is 4.32. The third kappa shape index (κ3) is 3.02. The number of nitrogens with one attached hydrogen (secondary N) is 2. The van der Waals surface area contributed by atoms with E-state index in [9.17, 15) is 4.79 Å². The molecular formula is C14H23N5O. The molecular weight excluding hydrogens is 254 g/mol. The molecule has 110 valence electrons. The molecule has 1 aromatic heterocycles. The number of carbonyl (C=O) groups is 1. The van der Waals surface area contributed by atoms with E-state index >= 15 is 0 Å². The first-order valence-electron chi connectivity index (χ1n) is 7.52. The fraction of sp³-hybridized carbons (Fsp3) is 0.714. The van der Waals surface area contributed by atoms with Crippen molar-refractivity contribution in [2.45, 2.75) is 38.3 Å². The highest BCUT2D eigenvalue weighted by Crippen LogP contribution is 2.17. The van der Waals surface area contributed by atoms with Crippen molar-refractivity contribution in [2.75, 3.05) is 31.5 Å². The Bertz CT molecular complexity index is 466. The highest BCUT2D eigenvalue weighted by Gasteiger charge is 2.23. The molecule has 0 bridgehead atoms. The Kier molecular flexibility index (Phi) is 4.03. The monoisotopic (exact) mass is 277 g/mol. The van der Waals surface area contributed by atoms with E-state index in [0.717, 1.165) is 26.1 Å².